The number of sulfone groups is 1. The number of rotatable bonds is 5. The van der Waals surface area contributed by atoms with Gasteiger partial charge in [0.2, 0.25) is 10.0 Å². The molecule has 0 unspecified atom stereocenters. The summed E-state index contributed by atoms with van der Waals surface area (Å²) in [6.07, 6.45) is 1.11. The zero-order chi connectivity index (χ0) is 23.1. The molecular formula is C19H18ClN3O6S3. The molecule has 0 aliphatic carbocycles. The van der Waals surface area contributed by atoms with Crippen LogP contribution in [0.1, 0.15) is 10.4 Å². The highest BCUT2D eigenvalue weighted by atomic mass is 35.5. The Labute approximate surface area is 193 Å². The van der Waals surface area contributed by atoms with Crippen molar-refractivity contribution in [1.29, 1.82) is 0 Å². The maximum absolute atomic E-state index is 13.0. The Hall–Kier alpha value is -2.09. The molecule has 13 heteroatoms. The van der Waals surface area contributed by atoms with Gasteiger partial charge in [-0.3, -0.25) is 10.1 Å². The molecule has 1 amide bonds. The molecule has 2 aromatic carbocycles. The van der Waals surface area contributed by atoms with Crippen LogP contribution in [0, 0.1) is 0 Å². The number of hydrogen-bond acceptors (Lipinski definition) is 8. The lowest BCUT2D eigenvalue weighted by Crippen LogP contribution is -2.40. The van der Waals surface area contributed by atoms with Gasteiger partial charge in [-0.2, -0.15) is 4.31 Å². The minimum atomic E-state index is -3.89. The molecular weight excluding hydrogens is 498 g/mol. The predicted molar refractivity (Wildman–Crippen MR) is 122 cm³/mol. The molecule has 1 aliphatic heterocycles. The van der Waals surface area contributed by atoms with Crippen LogP contribution in [-0.4, -0.2) is 64.6 Å². The smallest absolute Gasteiger partial charge is 0.257 e. The van der Waals surface area contributed by atoms with E-state index in [-0.39, 0.29) is 51.8 Å². The molecule has 4 rings (SSSR count). The monoisotopic (exact) mass is 515 g/mol. The first-order chi connectivity index (χ1) is 15.1. The highest BCUT2D eigenvalue weighted by Gasteiger charge is 2.29. The van der Waals surface area contributed by atoms with E-state index in [1.54, 1.807) is 6.07 Å². The van der Waals surface area contributed by atoms with Crippen LogP contribution in [0.3, 0.4) is 0 Å². The topological polar surface area (TPSA) is 123 Å². The lowest BCUT2D eigenvalue weighted by molar-refractivity contribution is 0.0730. The summed E-state index contributed by atoms with van der Waals surface area (Å²) in [6, 6.07) is 8.52. The van der Waals surface area contributed by atoms with E-state index >= 15 is 0 Å². The third-order valence-corrected chi connectivity index (χ3v) is 9.21. The van der Waals surface area contributed by atoms with Gasteiger partial charge in [-0.1, -0.05) is 22.9 Å². The van der Waals surface area contributed by atoms with E-state index in [0.29, 0.717) is 10.2 Å². The summed E-state index contributed by atoms with van der Waals surface area (Å²) in [4.78, 5) is 17.1. The van der Waals surface area contributed by atoms with Crippen molar-refractivity contribution in [3.63, 3.8) is 0 Å². The van der Waals surface area contributed by atoms with Crippen LogP contribution in [0.4, 0.5) is 5.13 Å². The standard InChI is InChI=1S/C19H18ClN3O6S3/c1-31(25,26)13-3-5-15-16(11-13)30-19(21-15)22-18(24)12-2-4-14(20)17(10-12)32(27,28)23-6-8-29-9-7-23/h2-5,10-11H,6-9H2,1H3,(H,21,22,24). The van der Waals surface area contributed by atoms with Crippen LogP contribution < -0.4 is 5.32 Å². The highest BCUT2D eigenvalue weighted by Crippen LogP contribution is 2.30. The molecule has 0 saturated carbocycles. The number of halogens is 1. The number of anilines is 1. The van der Waals surface area contributed by atoms with E-state index in [1.165, 1.54) is 34.6 Å². The number of ether oxygens (including phenoxy) is 1. The van der Waals surface area contributed by atoms with Crippen molar-refractivity contribution in [2.45, 2.75) is 9.79 Å². The van der Waals surface area contributed by atoms with Crippen molar-refractivity contribution in [1.82, 2.24) is 9.29 Å². The van der Waals surface area contributed by atoms with E-state index in [2.05, 4.69) is 10.3 Å². The fraction of sp³-hybridized carbons (Fsp3) is 0.263. The summed E-state index contributed by atoms with van der Waals surface area (Å²) in [5.74, 6) is -0.567. The summed E-state index contributed by atoms with van der Waals surface area (Å²) >= 11 is 7.25. The first-order valence-electron chi connectivity index (χ1n) is 9.35. The third kappa shape index (κ3) is 4.65. The molecule has 1 N–H and O–H groups in total. The quantitative estimate of drug-likeness (QED) is 0.554. The highest BCUT2D eigenvalue weighted by molar-refractivity contribution is 7.90. The molecule has 3 aromatic rings. The second-order valence-electron chi connectivity index (χ2n) is 7.04. The lowest BCUT2D eigenvalue weighted by atomic mass is 10.2. The molecule has 1 saturated heterocycles. The number of thiazole rings is 1. The Bertz CT molecular complexity index is 1410. The van der Waals surface area contributed by atoms with Crippen LogP contribution in [0.2, 0.25) is 5.02 Å². The Morgan fingerprint density at radius 2 is 1.84 bits per heavy atom. The van der Waals surface area contributed by atoms with Gasteiger partial charge in [-0.25, -0.2) is 21.8 Å². The van der Waals surface area contributed by atoms with Gasteiger partial charge in [-0.05, 0) is 36.4 Å². The number of nitrogens with one attached hydrogen (secondary N) is 1. The summed E-state index contributed by atoms with van der Waals surface area (Å²) in [6.45, 7) is 0.984. The minimum Gasteiger partial charge on any atom is -0.379 e. The first-order valence-corrected chi connectivity index (χ1v) is 13.9. The molecule has 0 atom stereocenters. The molecule has 1 aliphatic rings. The van der Waals surface area contributed by atoms with Gasteiger partial charge in [-0.15, -0.1) is 0 Å². The van der Waals surface area contributed by atoms with Crippen LogP contribution >= 0.6 is 22.9 Å². The number of aromatic nitrogens is 1. The zero-order valence-corrected chi connectivity index (χ0v) is 19.9. The Balaban J connectivity index is 1.61. The maximum Gasteiger partial charge on any atom is 0.257 e. The molecule has 9 nitrogen and oxygen atoms in total. The molecule has 0 spiro atoms. The van der Waals surface area contributed by atoms with Crippen molar-refractivity contribution in [2.24, 2.45) is 0 Å². The van der Waals surface area contributed by atoms with Crippen molar-refractivity contribution in [3.05, 3.63) is 47.0 Å². The number of amides is 1. The van der Waals surface area contributed by atoms with Crippen molar-refractivity contribution in [2.75, 3.05) is 37.9 Å². The average molecular weight is 516 g/mol. The van der Waals surface area contributed by atoms with Gasteiger partial charge in [0, 0.05) is 24.9 Å². The van der Waals surface area contributed by atoms with E-state index in [1.807, 2.05) is 0 Å². The molecule has 0 bridgehead atoms. The van der Waals surface area contributed by atoms with E-state index in [9.17, 15) is 21.6 Å². The number of carbonyl (C=O) groups excluding carboxylic acids is 1. The summed E-state index contributed by atoms with van der Waals surface area (Å²) in [5, 5.41) is 2.90. The van der Waals surface area contributed by atoms with Crippen LogP contribution in [0.25, 0.3) is 10.2 Å². The number of benzene rings is 2. The molecule has 170 valence electrons. The lowest BCUT2D eigenvalue weighted by Gasteiger charge is -2.26. The van der Waals surface area contributed by atoms with Crippen LogP contribution in [0.5, 0.6) is 0 Å². The Kier molecular flexibility index (Phi) is 6.27. The van der Waals surface area contributed by atoms with Gasteiger partial charge >= 0.3 is 0 Å². The Morgan fingerprint density at radius 1 is 1.12 bits per heavy atom. The van der Waals surface area contributed by atoms with Gasteiger partial charge < -0.3 is 4.74 Å². The van der Waals surface area contributed by atoms with Gasteiger partial charge in [0.05, 0.1) is 33.3 Å². The number of sulfonamides is 1. The molecule has 1 fully saturated rings. The normalized spacial score (nSPS) is 15.7. The number of hydrogen-bond donors (Lipinski definition) is 1. The fourth-order valence-corrected chi connectivity index (χ4v) is 6.66. The van der Waals surface area contributed by atoms with E-state index in [4.69, 9.17) is 16.3 Å². The van der Waals surface area contributed by atoms with Crippen molar-refractivity contribution in [3.8, 4) is 0 Å². The second-order valence-corrected chi connectivity index (χ2v) is 12.4. The minimum absolute atomic E-state index is 0.0151. The molecule has 0 radical (unpaired) electrons. The number of carbonyl (C=O) groups is 1. The van der Waals surface area contributed by atoms with Crippen molar-refractivity contribution >= 4 is 64.1 Å². The van der Waals surface area contributed by atoms with Gasteiger partial charge in [0.1, 0.15) is 4.90 Å². The molecule has 1 aromatic heterocycles. The fourth-order valence-electron chi connectivity index (χ4n) is 3.13. The molecule has 2 heterocycles. The predicted octanol–water partition coefficient (Wildman–Crippen LogP) is 2.63. The SMILES string of the molecule is CS(=O)(=O)c1ccc2nc(NC(=O)c3ccc(Cl)c(S(=O)(=O)N4CCOCC4)c3)sc2c1. The van der Waals surface area contributed by atoms with E-state index in [0.717, 1.165) is 17.6 Å². The van der Waals surface area contributed by atoms with Crippen LogP contribution in [-0.2, 0) is 24.6 Å². The Morgan fingerprint density at radius 3 is 2.53 bits per heavy atom. The summed E-state index contributed by atoms with van der Waals surface area (Å²) < 4.78 is 56.5. The largest absolute Gasteiger partial charge is 0.379 e. The number of nitrogens with zero attached hydrogens (tertiary/aromatic N) is 2. The van der Waals surface area contributed by atoms with Gasteiger partial charge in [0.15, 0.2) is 15.0 Å². The van der Waals surface area contributed by atoms with Crippen LogP contribution in [0.15, 0.2) is 46.2 Å². The number of fused-ring (bicyclic) bond motifs is 1. The summed E-state index contributed by atoms with van der Waals surface area (Å²) in [5.41, 5.74) is 0.627. The second kappa shape index (κ2) is 8.69. The number of morpholine rings is 1. The van der Waals surface area contributed by atoms with E-state index < -0.39 is 25.8 Å². The summed E-state index contributed by atoms with van der Waals surface area (Å²) in [7, 11) is -7.26. The third-order valence-electron chi connectivity index (χ3n) is 4.79. The average Bonchev–Trinajstić information content (AvgIpc) is 3.15. The van der Waals surface area contributed by atoms with Crippen molar-refractivity contribution < 1.29 is 26.4 Å². The zero-order valence-electron chi connectivity index (χ0n) is 16.7. The first kappa shape index (κ1) is 23.1. The molecule has 32 heavy (non-hydrogen) atoms. The van der Waals surface area contributed by atoms with Gasteiger partial charge in [0.25, 0.3) is 5.91 Å². The maximum atomic E-state index is 13.0.